The minimum atomic E-state index is -0.350. The highest BCUT2D eigenvalue weighted by Crippen LogP contribution is 2.04. The lowest BCUT2D eigenvalue weighted by molar-refractivity contribution is -0.121. The average molecular weight is 251 g/mol. The zero-order valence-electron chi connectivity index (χ0n) is 8.65. The van der Waals surface area contributed by atoms with Crippen LogP contribution in [0.3, 0.4) is 0 Å². The Kier molecular flexibility index (Phi) is 3.40. The molecule has 0 bridgehead atoms. The summed E-state index contributed by atoms with van der Waals surface area (Å²) in [5.74, 6) is -0.265. The smallest absolute Gasteiger partial charge is 0.261 e. The second kappa shape index (κ2) is 5.16. The number of thiophene rings is 1. The molecule has 88 valence electrons. The third-order valence-electron chi connectivity index (χ3n) is 1.78. The number of nitrogens with one attached hydrogen (secondary N) is 1. The normalized spacial score (nSPS) is 10.8. The number of carbonyl (C=O) groups is 1. The van der Waals surface area contributed by atoms with Gasteiger partial charge < -0.3 is 5.73 Å². The predicted octanol–water partition coefficient (Wildman–Crippen LogP) is -0.533. The van der Waals surface area contributed by atoms with Gasteiger partial charge in [-0.25, -0.2) is 10.1 Å². The van der Waals surface area contributed by atoms with Crippen LogP contribution in [-0.2, 0) is 11.3 Å². The zero-order chi connectivity index (χ0) is 12.1. The molecule has 1 amide bonds. The highest BCUT2D eigenvalue weighted by molar-refractivity contribution is 7.11. The maximum atomic E-state index is 11.4. The van der Waals surface area contributed by atoms with Crippen LogP contribution in [0.5, 0.6) is 0 Å². The lowest BCUT2D eigenvalue weighted by atomic mass is 10.5. The van der Waals surface area contributed by atoms with E-state index in [4.69, 9.17) is 5.73 Å². The van der Waals surface area contributed by atoms with E-state index in [1.165, 1.54) is 16.0 Å². The minimum Gasteiger partial charge on any atom is -0.367 e. The first-order valence-electron chi connectivity index (χ1n) is 4.63. The number of hydrogen-bond acceptors (Lipinski definition) is 7. The molecule has 2 rings (SSSR count). The highest BCUT2D eigenvalue weighted by atomic mass is 32.1. The standard InChI is InChI=1S/C8H9N7OS/c9-8-12-13-14-15(8)5-7(16)11-10-4-6-2-1-3-17-6/h1-4H,5H2,(H,11,16)(H2,9,12,14)/b10-4-. The van der Waals surface area contributed by atoms with Gasteiger partial charge in [0.25, 0.3) is 5.91 Å². The summed E-state index contributed by atoms with van der Waals surface area (Å²) in [4.78, 5) is 12.3. The van der Waals surface area contributed by atoms with Gasteiger partial charge in [-0.2, -0.15) is 5.10 Å². The molecule has 2 heterocycles. The molecule has 3 N–H and O–H groups in total. The zero-order valence-corrected chi connectivity index (χ0v) is 9.46. The van der Waals surface area contributed by atoms with E-state index in [9.17, 15) is 4.79 Å². The first kappa shape index (κ1) is 11.2. The Balaban J connectivity index is 1.84. The number of amides is 1. The largest absolute Gasteiger partial charge is 0.367 e. The number of nitrogens with two attached hydrogens (primary N) is 1. The first-order valence-corrected chi connectivity index (χ1v) is 5.51. The van der Waals surface area contributed by atoms with Crippen LogP contribution in [0, 0.1) is 0 Å². The summed E-state index contributed by atoms with van der Waals surface area (Å²) in [6, 6.07) is 3.79. The Hall–Kier alpha value is -2.29. The van der Waals surface area contributed by atoms with Crippen LogP contribution >= 0.6 is 11.3 Å². The third-order valence-corrected chi connectivity index (χ3v) is 2.58. The van der Waals surface area contributed by atoms with Gasteiger partial charge in [-0.05, 0) is 21.9 Å². The van der Waals surface area contributed by atoms with Gasteiger partial charge in [-0.15, -0.1) is 11.3 Å². The molecule has 0 spiro atoms. The van der Waals surface area contributed by atoms with Crippen molar-refractivity contribution >= 4 is 29.4 Å². The molecule has 0 fully saturated rings. The summed E-state index contributed by atoms with van der Waals surface area (Å²) in [5, 5.41) is 16.0. The van der Waals surface area contributed by atoms with Crippen molar-refractivity contribution < 1.29 is 4.79 Å². The summed E-state index contributed by atoms with van der Waals surface area (Å²) >= 11 is 1.52. The molecular formula is C8H9N7OS. The lowest BCUT2D eigenvalue weighted by Crippen LogP contribution is -2.24. The minimum absolute atomic E-state index is 0.0688. The number of hydrogen-bond donors (Lipinski definition) is 2. The van der Waals surface area contributed by atoms with Gasteiger partial charge in [-0.3, -0.25) is 4.79 Å². The molecule has 17 heavy (non-hydrogen) atoms. The molecule has 9 heteroatoms. The number of rotatable bonds is 4. The SMILES string of the molecule is Nc1nnnn1CC(=O)N/N=C\c1cccs1. The van der Waals surface area contributed by atoms with E-state index >= 15 is 0 Å². The van der Waals surface area contributed by atoms with Gasteiger partial charge in [0.15, 0.2) is 0 Å². The summed E-state index contributed by atoms with van der Waals surface area (Å²) in [7, 11) is 0. The van der Waals surface area contributed by atoms with Gasteiger partial charge in [0, 0.05) is 4.88 Å². The molecule has 8 nitrogen and oxygen atoms in total. The number of nitrogen functional groups attached to an aromatic ring is 1. The topological polar surface area (TPSA) is 111 Å². The van der Waals surface area contributed by atoms with E-state index in [1.807, 2.05) is 17.5 Å². The van der Waals surface area contributed by atoms with E-state index in [2.05, 4.69) is 26.1 Å². The fraction of sp³-hybridized carbons (Fsp3) is 0.125. The molecule has 0 saturated carbocycles. The van der Waals surface area contributed by atoms with Crippen molar-refractivity contribution in [2.75, 3.05) is 5.73 Å². The van der Waals surface area contributed by atoms with Crippen LogP contribution in [0.1, 0.15) is 4.88 Å². The molecule has 2 aromatic heterocycles. The molecule has 0 atom stereocenters. The van der Waals surface area contributed by atoms with E-state index in [0.717, 1.165) is 4.88 Å². The second-order valence-corrected chi connectivity index (χ2v) is 3.98. The second-order valence-electron chi connectivity index (χ2n) is 3.00. The van der Waals surface area contributed by atoms with Gasteiger partial charge in [0.05, 0.1) is 6.21 Å². The van der Waals surface area contributed by atoms with Gasteiger partial charge >= 0.3 is 0 Å². The molecule has 0 saturated heterocycles. The molecular weight excluding hydrogens is 242 g/mol. The number of nitrogens with zero attached hydrogens (tertiary/aromatic N) is 5. The highest BCUT2D eigenvalue weighted by Gasteiger charge is 2.06. The molecule has 0 aliphatic carbocycles. The van der Waals surface area contributed by atoms with Crippen LogP contribution in [0.2, 0.25) is 0 Å². The fourth-order valence-corrected chi connectivity index (χ4v) is 1.61. The predicted molar refractivity (Wildman–Crippen MR) is 62.3 cm³/mol. The Labute approximate surface area is 100 Å². The number of tetrazole rings is 1. The van der Waals surface area contributed by atoms with Crippen molar-refractivity contribution in [1.82, 2.24) is 25.6 Å². The molecule has 0 aliphatic heterocycles. The fourth-order valence-electron chi connectivity index (χ4n) is 1.03. The molecule has 0 radical (unpaired) electrons. The maximum absolute atomic E-state index is 11.4. The van der Waals surface area contributed by atoms with E-state index < -0.39 is 0 Å². The molecule has 0 aliphatic rings. The summed E-state index contributed by atoms with van der Waals surface area (Å²) < 4.78 is 1.18. The van der Waals surface area contributed by atoms with Gasteiger partial charge in [0.1, 0.15) is 6.54 Å². The van der Waals surface area contributed by atoms with Crippen molar-refractivity contribution in [1.29, 1.82) is 0 Å². The van der Waals surface area contributed by atoms with Crippen LogP contribution in [0.15, 0.2) is 22.6 Å². The number of carbonyl (C=O) groups excluding carboxylic acids is 1. The molecule has 0 aromatic carbocycles. The number of anilines is 1. The summed E-state index contributed by atoms with van der Waals surface area (Å²) in [6.07, 6.45) is 1.56. The average Bonchev–Trinajstić information content (AvgIpc) is 2.92. The van der Waals surface area contributed by atoms with Crippen molar-refractivity contribution in [3.8, 4) is 0 Å². The Morgan fingerprint density at radius 3 is 3.24 bits per heavy atom. The monoisotopic (exact) mass is 251 g/mol. The number of hydrazone groups is 1. The van der Waals surface area contributed by atoms with Crippen LogP contribution in [0.25, 0.3) is 0 Å². The maximum Gasteiger partial charge on any atom is 0.261 e. The van der Waals surface area contributed by atoms with Crippen LogP contribution in [0.4, 0.5) is 5.95 Å². The Morgan fingerprint density at radius 2 is 2.59 bits per heavy atom. The van der Waals surface area contributed by atoms with E-state index in [0.29, 0.717) is 0 Å². The van der Waals surface area contributed by atoms with Crippen LogP contribution in [-0.4, -0.2) is 32.3 Å². The molecule has 2 aromatic rings. The Morgan fingerprint density at radius 1 is 1.71 bits per heavy atom. The van der Waals surface area contributed by atoms with E-state index in [1.54, 1.807) is 6.21 Å². The lowest BCUT2D eigenvalue weighted by Gasteiger charge is -1.99. The number of aromatic nitrogens is 4. The van der Waals surface area contributed by atoms with Crippen molar-refractivity contribution in [2.45, 2.75) is 6.54 Å². The Bertz CT molecular complexity index is 518. The van der Waals surface area contributed by atoms with Crippen molar-refractivity contribution in [3.63, 3.8) is 0 Å². The van der Waals surface area contributed by atoms with Gasteiger partial charge in [0.2, 0.25) is 5.95 Å². The summed E-state index contributed by atoms with van der Waals surface area (Å²) in [5.41, 5.74) is 7.76. The van der Waals surface area contributed by atoms with E-state index in [-0.39, 0.29) is 18.4 Å². The van der Waals surface area contributed by atoms with Crippen molar-refractivity contribution in [2.24, 2.45) is 5.10 Å². The first-order chi connectivity index (χ1) is 8.25. The molecule has 0 unspecified atom stereocenters. The third kappa shape index (κ3) is 3.08. The van der Waals surface area contributed by atoms with Gasteiger partial charge in [-0.1, -0.05) is 11.2 Å². The summed E-state index contributed by atoms with van der Waals surface area (Å²) in [6.45, 7) is -0.0688. The van der Waals surface area contributed by atoms with Crippen LogP contribution < -0.4 is 11.2 Å². The quantitative estimate of drug-likeness (QED) is 0.560. The van der Waals surface area contributed by atoms with Crippen molar-refractivity contribution in [3.05, 3.63) is 22.4 Å².